The van der Waals surface area contributed by atoms with Crippen molar-refractivity contribution in [2.24, 2.45) is 0 Å². The van der Waals surface area contributed by atoms with E-state index in [9.17, 15) is 0 Å². The number of H-pyrrole nitrogens is 2. The molecule has 0 fully saturated rings. The van der Waals surface area contributed by atoms with Gasteiger partial charge in [-0.15, -0.1) is 0 Å². The first-order chi connectivity index (χ1) is 12.2. The Morgan fingerprint density at radius 3 is 1.52 bits per heavy atom. The van der Waals surface area contributed by atoms with Crippen LogP contribution in [0.5, 0.6) is 0 Å². The first kappa shape index (κ1) is 14.0. The molecule has 2 N–H and O–H groups in total. The number of aromatic nitrogens is 4. The van der Waals surface area contributed by atoms with Crippen LogP contribution in [0.4, 0.5) is 0 Å². The summed E-state index contributed by atoms with van der Waals surface area (Å²) >= 11 is 0. The van der Waals surface area contributed by atoms with Crippen LogP contribution in [-0.2, 0) is 0 Å². The van der Waals surface area contributed by atoms with Crippen molar-refractivity contribution >= 4 is 46.4 Å². The molecule has 0 radical (unpaired) electrons. The molecule has 5 rings (SSSR count). The van der Waals surface area contributed by atoms with Gasteiger partial charge in [0, 0.05) is 27.6 Å². The average Bonchev–Trinajstić information content (AvgIpc) is 3.36. The van der Waals surface area contributed by atoms with Gasteiger partial charge in [0.15, 0.2) is 0 Å². The van der Waals surface area contributed by atoms with Crippen LogP contribution in [0.3, 0.4) is 0 Å². The first-order valence-corrected chi connectivity index (χ1v) is 8.27. The van der Waals surface area contributed by atoms with Crippen molar-refractivity contribution in [1.29, 1.82) is 0 Å². The lowest BCUT2D eigenvalue weighted by atomic mass is 10.2. The van der Waals surface area contributed by atoms with Crippen LogP contribution in [0.25, 0.3) is 46.4 Å². The molecule has 4 heteroatoms. The molecule has 0 unspecified atom stereocenters. The average molecular weight is 324 g/mol. The molecule has 0 saturated heterocycles. The van der Waals surface area contributed by atoms with Gasteiger partial charge in [-0.2, -0.15) is 0 Å². The predicted molar refractivity (Wildman–Crippen MR) is 104 cm³/mol. The molecule has 0 spiro atoms. The highest BCUT2D eigenvalue weighted by molar-refractivity contribution is 5.79. The van der Waals surface area contributed by atoms with Crippen molar-refractivity contribution in [3.8, 4) is 0 Å². The van der Waals surface area contributed by atoms with Crippen LogP contribution in [-0.4, -0.2) is 19.9 Å². The summed E-state index contributed by atoms with van der Waals surface area (Å²) in [6.07, 6.45) is 8.16. The molecule has 120 valence electrons. The normalized spacial score (nSPS) is 12.7. The summed E-state index contributed by atoms with van der Waals surface area (Å²) in [6.45, 7) is 2.07. The largest absolute Gasteiger partial charge is 0.355 e. The molecule has 8 bridgehead atoms. The minimum atomic E-state index is 0.940. The summed E-state index contributed by atoms with van der Waals surface area (Å²) in [5.74, 6) is 0. The summed E-state index contributed by atoms with van der Waals surface area (Å²) in [4.78, 5) is 16.2. The van der Waals surface area contributed by atoms with E-state index in [4.69, 9.17) is 9.97 Å². The Morgan fingerprint density at radius 2 is 1.04 bits per heavy atom. The minimum absolute atomic E-state index is 0.940. The first-order valence-electron chi connectivity index (χ1n) is 8.27. The Morgan fingerprint density at radius 1 is 0.600 bits per heavy atom. The lowest BCUT2D eigenvalue weighted by molar-refractivity contribution is 1.21. The molecule has 0 aromatic carbocycles. The monoisotopic (exact) mass is 324 g/mol. The molecule has 0 saturated carbocycles. The molecule has 0 aliphatic carbocycles. The van der Waals surface area contributed by atoms with Crippen molar-refractivity contribution in [3.05, 3.63) is 70.8 Å². The highest BCUT2D eigenvalue weighted by Crippen LogP contribution is 2.21. The van der Waals surface area contributed by atoms with Gasteiger partial charge in [-0.25, -0.2) is 9.97 Å². The predicted octanol–water partition coefficient (Wildman–Crippen LogP) is 4.96. The van der Waals surface area contributed by atoms with Crippen LogP contribution in [0, 0.1) is 6.92 Å². The molecular weight excluding hydrogens is 308 g/mol. The van der Waals surface area contributed by atoms with E-state index in [0.717, 1.165) is 50.4 Å². The molecule has 0 amide bonds. The van der Waals surface area contributed by atoms with E-state index in [1.165, 1.54) is 0 Å². The molecule has 2 aliphatic heterocycles. The Bertz CT molecular complexity index is 1110. The zero-order valence-corrected chi connectivity index (χ0v) is 13.7. The second-order valence-electron chi connectivity index (χ2n) is 6.31. The summed E-state index contributed by atoms with van der Waals surface area (Å²) in [5, 5.41) is 0. The highest BCUT2D eigenvalue weighted by atomic mass is 14.8. The second kappa shape index (κ2) is 5.31. The van der Waals surface area contributed by atoms with E-state index in [-0.39, 0.29) is 0 Å². The van der Waals surface area contributed by atoms with E-state index in [0.29, 0.717) is 0 Å². The van der Waals surface area contributed by atoms with E-state index in [2.05, 4.69) is 59.4 Å². The lowest BCUT2D eigenvalue weighted by Crippen LogP contribution is -1.85. The van der Waals surface area contributed by atoms with Crippen LogP contribution in [0.2, 0.25) is 0 Å². The third-order valence-corrected chi connectivity index (χ3v) is 4.47. The fourth-order valence-electron chi connectivity index (χ4n) is 3.15. The van der Waals surface area contributed by atoms with E-state index >= 15 is 0 Å². The van der Waals surface area contributed by atoms with Crippen molar-refractivity contribution < 1.29 is 0 Å². The molecule has 2 aliphatic rings. The van der Waals surface area contributed by atoms with Gasteiger partial charge < -0.3 is 9.97 Å². The Kier molecular flexibility index (Phi) is 2.97. The molecule has 4 nitrogen and oxygen atoms in total. The molecule has 3 aromatic rings. The second-order valence-corrected chi connectivity index (χ2v) is 6.31. The fraction of sp³-hybridized carbons (Fsp3) is 0.0476. The van der Waals surface area contributed by atoms with E-state index < -0.39 is 0 Å². The van der Waals surface area contributed by atoms with Gasteiger partial charge in [0.2, 0.25) is 0 Å². The van der Waals surface area contributed by atoms with Gasteiger partial charge in [0.1, 0.15) is 0 Å². The number of nitrogens with zero attached hydrogens (tertiary/aromatic N) is 2. The lowest BCUT2D eigenvalue weighted by Gasteiger charge is -1.94. The number of fused-ring (bicyclic) bond motifs is 8. The summed E-state index contributed by atoms with van der Waals surface area (Å²) in [7, 11) is 0. The van der Waals surface area contributed by atoms with Gasteiger partial charge in [0.25, 0.3) is 0 Å². The molecule has 5 heterocycles. The van der Waals surface area contributed by atoms with E-state index in [1.807, 2.05) is 24.3 Å². The molecule has 0 atom stereocenters. The van der Waals surface area contributed by atoms with Gasteiger partial charge in [0.05, 0.1) is 22.8 Å². The third-order valence-electron chi connectivity index (χ3n) is 4.47. The number of nitrogens with one attached hydrogen (secondary N) is 2. The van der Waals surface area contributed by atoms with E-state index in [1.54, 1.807) is 0 Å². The van der Waals surface area contributed by atoms with Crippen LogP contribution in [0.1, 0.15) is 28.3 Å². The van der Waals surface area contributed by atoms with Gasteiger partial charge >= 0.3 is 0 Å². The van der Waals surface area contributed by atoms with Crippen molar-refractivity contribution in [3.63, 3.8) is 0 Å². The zero-order chi connectivity index (χ0) is 16.8. The fourth-order valence-corrected chi connectivity index (χ4v) is 3.15. The SMILES string of the molecule is Cc1c2nc(cc3ccc(cc4ccc(cc5nc1C=C5)[nH]4)[nH]3)C=C2. The quantitative estimate of drug-likeness (QED) is 0.423. The number of aromatic amines is 2. The number of hydrogen-bond acceptors (Lipinski definition) is 2. The molecular formula is C21H16N4. The maximum atomic E-state index is 4.72. The smallest absolute Gasteiger partial charge is 0.0688 e. The van der Waals surface area contributed by atoms with Crippen molar-refractivity contribution in [2.45, 2.75) is 6.92 Å². The Labute approximate surface area is 144 Å². The highest BCUT2D eigenvalue weighted by Gasteiger charge is 2.07. The molecule has 25 heavy (non-hydrogen) atoms. The third kappa shape index (κ3) is 2.58. The zero-order valence-electron chi connectivity index (χ0n) is 13.7. The van der Waals surface area contributed by atoms with Crippen LogP contribution in [0.15, 0.2) is 42.5 Å². The van der Waals surface area contributed by atoms with Crippen molar-refractivity contribution in [2.75, 3.05) is 0 Å². The molecule has 3 aromatic heterocycles. The van der Waals surface area contributed by atoms with Crippen LogP contribution < -0.4 is 0 Å². The van der Waals surface area contributed by atoms with Gasteiger partial charge in [-0.3, -0.25) is 0 Å². The summed E-state index contributed by atoms with van der Waals surface area (Å²) < 4.78 is 0. The maximum Gasteiger partial charge on any atom is 0.0688 e. The maximum absolute atomic E-state index is 4.72. The Balaban J connectivity index is 1.88. The topological polar surface area (TPSA) is 57.4 Å². The summed E-state index contributed by atoms with van der Waals surface area (Å²) in [5.41, 5.74) is 9.06. The van der Waals surface area contributed by atoms with Crippen molar-refractivity contribution in [1.82, 2.24) is 19.9 Å². The van der Waals surface area contributed by atoms with Gasteiger partial charge in [-0.05, 0) is 73.7 Å². The minimum Gasteiger partial charge on any atom is -0.355 e. The van der Waals surface area contributed by atoms with Crippen LogP contribution >= 0.6 is 0 Å². The Hall–Kier alpha value is -3.40. The number of hydrogen-bond donors (Lipinski definition) is 2. The summed E-state index contributed by atoms with van der Waals surface area (Å²) in [6, 6.07) is 14.5. The number of rotatable bonds is 0. The standard InChI is InChI=1S/C21H16N4/c1-13-20-8-6-18(24-20)11-16-4-2-14(22-16)10-15-3-5-17(23-15)12-19-7-9-21(13)25-19/h2-12,22-23H,1H3. The van der Waals surface area contributed by atoms with Gasteiger partial charge in [-0.1, -0.05) is 0 Å².